The largest absolute Gasteiger partial charge is 0.496 e. The molecule has 27 heavy (non-hydrogen) atoms. The van der Waals surface area contributed by atoms with E-state index in [0.717, 1.165) is 38.9 Å². The van der Waals surface area contributed by atoms with E-state index < -0.39 is 6.10 Å². The molecule has 0 aliphatic carbocycles. The van der Waals surface area contributed by atoms with Crippen LogP contribution in [-0.4, -0.2) is 66.8 Å². The summed E-state index contributed by atoms with van der Waals surface area (Å²) in [6, 6.07) is 5.09. The quantitative estimate of drug-likeness (QED) is 0.831. The molecule has 2 aliphatic heterocycles. The van der Waals surface area contributed by atoms with Crippen LogP contribution >= 0.6 is 11.6 Å². The van der Waals surface area contributed by atoms with Crippen molar-refractivity contribution in [3.05, 3.63) is 28.8 Å². The summed E-state index contributed by atoms with van der Waals surface area (Å²) in [6.45, 7) is 6.54. The van der Waals surface area contributed by atoms with Gasteiger partial charge in [0.2, 0.25) is 0 Å². The summed E-state index contributed by atoms with van der Waals surface area (Å²) in [5, 5.41) is 11.0. The summed E-state index contributed by atoms with van der Waals surface area (Å²) in [5.41, 5.74) is 0.483. The fraction of sp³-hybridized carbons (Fsp3) is 0.667. The Hall–Kier alpha value is -1.30. The molecule has 0 saturated carbocycles. The first-order valence-corrected chi connectivity index (χ1v) is 10.4. The van der Waals surface area contributed by atoms with E-state index in [1.165, 1.54) is 12.8 Å². The van der Waals surface area contributed by atoms with Gasteiger partial charge in [0.25, 0.3) is 5.91 Å². The number of methoxy groups -OCH3 is 1. The number of amides is 1. The first-order valence-electron chi connectivity index (χ1n) is 9.99. The minimum Gasteiger partial charge on any atom is -0.496 e. The van der Waals surface area contributed by atoms with Gasteiger partial charge in [-0.2, -0.15) is 0 Å². The zero-order chi connectivity index (χ0) is 19.4. The van der Waals surface area contributed by atoms with Crippen LogP contribution in [0.25, 0.3) is 0 Å². The van der Waals surface area contributed by atoms with Crippen molar-refractivity contribution in [3.63, 3.8) is 0 Å². The standard InChI is InChI=1S/C21H31ClN2O3/c1-3-4-9-23-10-7-21(8-11-23)13-17(25)14-24(15-21)20(26)18-12-16(22)5-6-19(18)27-2/h5-6,12,17,25H,3-4,7-11,13-15H2,1-2H3. The Labute approximate surface area is 167 Å². The van der Waals surface area contributed by atoms with Crippen LogP contribution in [-0.2, 0) is 0 Å². The smallest absolute Gasteiger partial charge is 0.257 e. The highest BCUT2D eigenvalue weighted by Gasteiger charge is 2.43. The molecule has 0 bridgehead atoms. The van der Waals surface area contributed by atoms with Crippen molar-refractivity contribution in [1.82, 2.24) is 9.80 Å². The molecule has 3 rings (SSSR count). The number of hydrogen-bond donors (Lipinski definition) is 1. The molecule has 1 spiro atoms. The van der Waals surface area contributed by atoms with Crippen molar-refractivity contribution in [2.45, 2.75) is 45.1 Å². The zero-order valence-electron chi connectivity index (χ0n) is 16.4. The number of hydrogen-bond acceptors (Lipinski definition) is 4. The maximum atomic E-state index is 13.2. The lowest BCUT2D eigenvalue weighted by atomic mass is 9.71. The second-order valence-corrected chi connectivity index (χ2v) is 8.52. The number of rotatable bonds is 5. The molecule has 2 heterocycles. The zero-order valence-corrected chi connectivity index (χ0v) is 17.2. The lowest BCUT2D eigenvalue weighted by molar-refractivity contribution is -0.0328. The molecule has 1 N–H and O–H groups in total. The lowest BCUT2D eigenvalue weighted by Gasteiger charge is -2.49. The van der Waals surface area contributed by atoms with Crippen LogP contribution in [0.1, 0.15) is 49.4 Å². The molecule has 1 aromatic carbocycles. The summed E-state index contributed by atoms with van der Waals surface area (Å²) in [4.78, 5) is 17.5. The first kappa shape index (κ1) is 20.4. The van der Waals surface area contributed by atoms with Crippen LogP contribution in [0.2, 0.25) is 5.02 Å². The van der Waals surface area contributed by atoms with Gasteiger partial charge in [0, 0.05) is 18.1 Å². The number of carbonyl (C=O) groups excluding carboxylic acids is 1. The summed E-state index contributed by atoms with van der Waals surface area (Å²) in [6.07, 6.45) is 4.81. The number of likely N-dealkylation sites (tertiary alicyclic amines) is 2. The van der Waals surface area contributed by atoms with E-state index in [1.807, 2.05) is 0 Å². The van der Waals surface area contributed by atoms with Crippen LogP contribution in [0.3, 0.4) is 0 Å². The molecule has 2 saturated heterocycles. The van der Waals surface area contributed by atoms with Gasteiger partial charge in [-0.3, -0.25) is 4.79 Å². The SMILES string of the molecule is CCCCN1CCC2(CC1)CC(O)CN(C(=O)c1cc(Cl)ccc1OC)C2. The fourth-order valence-corrected chi connectivity index (χ4v) is 4.69. The number of aliphatic hydroxyl groups is 1. The van der Waals surface area contributed by atoms with Crippen molar-refractivity contribution >= 4 is 17.5 Å². The van der Waals surface area contributed by atoms with Gasteiger partial charge in [-0.15, -0.1) is 0 Å². The van der Waals surface area contributed by atoms with E-state index in [9.17, 15) is 9.90 Å². The Morgan fingerprint density at radius 2 is 2.11 bits per heavy atom. The summed E-state index contributed by atoms with van der Waals surface area (Å²) in [7, 11) is 1.55. The molecule has 0 radical (unpaired) electrons. The normalized spacial score (nSPS) is 22.8. The summed E-state index contributed by atoms with van der Waals surface area (Å²) < 4.78 is 5.35. The number of piperidine rings is 2. The van der Waals surface area contributed by atoms with Gasteiger partial charge in [0.15, 0.2) is 0 Å². The minimum absolute atomic E-state index is 0.0157. The van der Waals surface area contributed by atoms with Gasteiger partial charge in [0.05, 0.1) is 18.8 Å². The van der Waals surface area contributed by atoms with Gasteiger partial charge in [-0.05, 0) is 68.9 Å². The third-order valence-corrected chi connectivity index (χ3v) is 6.28. The highest BCUT2D eigenvalue weighted by molar-refractivity contribution is 6.31. The van der Waals surface area contributed by atoms with Crippen molar-refractivity contribution in [3.8, 4) is 5.75 Å². The minimum atomic E-state index is -0.477. The fourth-order valence-electron chi connectivity index (χ4n) is 4.52. The molecule has 2 aliphatic rings. The predicted molar refractivity (Wildman–Crippen MR) is 108 cm³/mol. The summed E-state index contributed by atoms with van der Waals surface area (Å²) in [5.74, 6) is 0.411. The molecule has 2 fully saturated rings. The Bertz CT molecular complexity index is 659. The topological polar surface area (TPSA) is 53.0 Å². The van der Waals surface area contributed by atoms with Crippen molar-refractivity contribution < 1.29 is 14.6 Å². The van der Waals surface area contributed by atoms with Crippen LogP contribution in [0, 0.1) is 5.41 Å². The van der Waals surface area contributed by atoms with Crippen LogP contribution in [0.4, 0.5) is 0 Å². The highest BCUT2D eigenvalue weighted by atomic mass is 35.5. The average molecular weight is 395 g/mol. The number of halogens is 1. The molecular formula is C21H31ClN2O3. The van der Waals surface area contributed by atoms with Crippen LogP contribution in [0.15, 0.2) is 18.2 Å². The second kappa shape index (κ2) is 8.80. The molecule has 1 atom stereocenters. The van der Waals surface area contributed by atoms with E-state index >= 15 is 0 Å². The molecule has 6 heteroatoms. The van der Waals surface area contributed by atoms with E-state index in [4.69, 9.17) is 16.3 Å². The lowest BCUT2D eigenvalue weighted by Crippen LogP contribution is -2.55. The molecule has 1 aromatic rings. The van der Waals surface area contributed by atoms with E-state index in [-0.39, 0.29) is 11.3 Å². The number of ether oxygens (including phenoxy) is 1. The molecule has 150 valence electrons. The van der Waals surface area contributed by atoms with Gasteiger partial charge in [-0.1, -0.05) is 24.9 Å². The second-order valence-electron chi connectivity index (χ2n) is 8.08. The van der Waals surface area contributed by atoms with Gasteiger partial charge in [0.1, 0.15) is 5.75 Å². The Morgan fingerprint density at radius 1 is 1.37 bits per heavy atom. The maximum absolute atomic E-state index is 13.2. The number of aliphatic hydroxyl groups excluding tert-OH is 1. The number of β-amino-alcohol motifs (C(OH)–C–C–N with tert-alkyl or cyclic N) is 1. The van der Waals surface area contributed by atoms with Gasteiger partial charge in [-0.25, -0.2) is 0 Å². The van der Waals surface area contributed by atoms with Crippen molar-refractivity contribution in [2.75, 3.05) is 39.8 Å². The van der Waals surface area contributed by atoms with Crippen molar-refractivity contribution in [2.24, 2.45) is 5.41 Å². The third-order valence-electron chi connectivity index (χ3n) is 6.05. The van der Waals surface area contributed by atoms with E-state index in [0.29, 0.717) is 29.4 Å². The highest BCUT2D eigenvalue weighted by Crippen LogP contribution is 2.40. The number of benzene rings is 1. The first-order chi connectivity index (χ1) is 13.0. The maximum Gasteiger partial charge on any atom is 0.257 e. The average Bonchev–Trinajstić information content (AvgIpc) is 2.66. The number of nitrogens with zero attached hydrogens (tertiary/aromatic N) is 2. The van der Waals surface area contributed by atoms with Crippen LogP contribution < -0.4 is 4.74 Å². The summed E-state index contributed by atoms with van der Waals surface area (Å²) >= 11 is 6.10. The van der Waals surface area contributed by atoms with Crippen molar-refractivity contribution in [1.29, 1.82) is 0 Å². The monoisotopic (exact) mass is 394 g/mol. The van der Waals surface area contributed by atoms with E-state index in [1.54, 1.807) is 30.2 Å². The van der Waals surface area contributed by atoms with E-state index in [2.05, 4.69) is 11.8 Å². The Kier molecular flexibility index (Phi) is 6.66. The number of carbonyl (C=O) groups is 1. The molecular weight excluding hydrogens is 364 g/mol. The van der Waals surface area contributed by atoms with Gasteiger partial charge >= 0.3 is 0 Å². The molecule has 1 amide bonds. The third kappa shape index (κ3) is 4.76. The molecule has 0 aromatic heterocycles. The molecule has 1 unspecified atom stereocenters. The predicted octanol–water partition coefficient (Wildman–Crippen LogP) is 3.44. The van der Waals surface area contributed by atoms with Crippen LogP contribution in [0.5, 0.6) is 5.75 Å². The molecule has 5 nitrogen and oxygen atoms in total. The Balaban J connectivity index is 1.72. The van der Waals surface area contributed by atoms with Gasteiger partial charge < -0.3 is 19.6 Å². The number of unbranched alkanes of at least 4 members (excludes halogenated alkanes) is 1. The Morgan fingerprint density at radius 3 is 2.78 bits per heavy atom.